The molecule has 0 amide bonds. The van der Waals surface area contributed by atoms with Crippen LogP contribution in [0.25, 0.3) is 0 Å². The summed E-state index contributed by atoms with van der Waals surface area (Å²) in [5.41, 5.74) is 3.75. The van der Waals surface area contributed by atoms with E-state index in [1.807, 2.05) is 19.4 Å². The summed E-state index contributed by atoms with van der Waals surface area (Å²) in [4.78, 5) is 8.77. The lowest BCUT2D eigenvalue weighted by Crippen LogP contribution is -2.30. The van der Waals surface area contributed by atoms with E-state index in [9.17, 15) is 0 Å². The Morgan fingerprint density at radius 1 is 1.05 bits per heavy atom. The summed E-state index contributed by atoms with van der Waals surface area (Å²) < 4.78 is 0. The van der Waals surface area contributed by atoms with Crippen molar-refractivity contribution in [2.45, 2.75) is 19.6 Å². The molecule has 0 spiro atoms. The molecule has 1 atom stereocenters. The molecule has 0 saturated carbocycles. The van der Waals surface area contributed by atoms with Gasteiger partial charge in [-0.05, 0) is 49.4 Å². The molecular weight excluding hydrogens is 272 g/mol. The SMILES string of the molecule is CCN1C=CN(c2ccc(CNC)cc2)C1c1ccncc1. The maximum atomic E-state index is 4.13. The second-order valence-electron chi connectivity index (χ2n) is 5.39. The zero-order valence-corrected chi connectivity index (χ0v) is 13.1. The van der Waals surface area contributed by atoms with E-state index >= 15 is 0 Å². The summed E-state index contributed by atoms with van der Waals surface area (Å²) in [6.07, 6.45) is 8.22. The van der Waals surface area contributed by atoms with E-state index in [1.165, 1.54) is 16.8 Å². The molecule has 0 saturated heterocycles. The van der Waals surface area contributed by atoms with E-state index in [-0.39, 0.29) is 6.17 Å². The van der Waals surface area contributed by atoms with Gasteiger partial charge in [0, 0.05) is 43.6 Å². The van der Waals surface area contributed by atoms with Crippen molar-refractivity contribution in [3.8, 4) is 0 Å². The highest BCUT2D eigenvalue weighted by Crippen LogP contribution is 2.34. The van der Waals surface area contributed by atoms with Gasteiger partial charge in [0.15, 0.2) is 0 Å². The van der Waals surface area contributed by atoms with Crippen LogP contribution in [0.1, 0.15) is 24.2 Å². The fraction of sp³-hybridized carbons (Fsp3) is 0.278. The van der Waals surface area contributed by atoms with Gasteiger partial charge in [-0.15, -0.1) is 0 Å². The van der Waals surface area contributed by atoms with Crippen molar-refractivity contribution < 1.29 is 0 Å². The van der Waals surface area contributed by atoms with Crippen molar-refractivity contribution in [3.63, 3.8) is 0 Å². The molecule has 0 radical (unpaired) electrons. The van der Waals surface area contributed by atoms with Crippen LogP contribution in [-0.4, -0.2) is 23.5 Å². The summed E-state index contributed by atoms with van der Waals surface area (Å²) in [5.74, 6) is 0. The third-order valence-electron chi connectivity index (χ3n) is 3.98. The Morgan fingerprint density at radius 2 is 1.77 bits per heavy atom. The van der Waals surface area contributed by atoms with Crippen molar-refractivity contribution in [2.75, 3.05) is 18.5 Å². The van der Waals surface area contributed by atoms with Crippen molar-refractivity contribution in [1.29, 1.82) is 0 Å². The minimum atomic E-state index is 0.197. The summed E-state index contributed by atoms with van der Waals surface area (Å²) >= 11 is 0. The van der Waals surface area contributed by atoms with Crippen LogP contribution >= 0.6 is 0 Å². The number of nitrogens with zero attached hydrogens (tertiary/aromatic N) is 3. The molecule has 3 rings (SSSR count). The average Bonchev–Trinajstić information content (AvgIpc) is 3.00. The first kappa shape index (κ1) is 14.6. The summed E-state index contributed by atoms with van der Waals surface area (Å²) in [6, 6.07) is 12.9. The predicted octanol–water partition coefficient (Wildman–Crippen LogP) is 3.11. The summed E-state index contributed by atoms with van der Waals surface area (Å²) in [5, 5.41) is 3.18. The van der Waals surface area contributed by atoms with Crippen molar-refractivity contribution in [1.82, 2.24) is 15.2 Å². The lowest BCUT2D eigenvalue weighted by atomic mass is 10.1. The first-order valence-electron chi connectivity index (χ1n) is 7.69. The van der Waals surface area contributed by atoms with Crippen LogP contribution in [0, 0.1) is 0 Å². The molecule has 1 aliphatic heterocycles. The lowest BCUT2D eigenvalue weighted by molar-refractivity contribution is 0.321. The van der Waals surface area contributed by atoms with Crippen LogP contribution in [0.3, 0.4) is 0 Å². The van der Waals surface area contributed by atoms with E-state index in [0.717, 1.165) is 13.1 Å². The highest BCUT2D eigenvalue weighted by molar-refractivity contribution is 5.54. The van der Waals surface area contributed by atoms with Crippen molar-refractivity contribution in [3.05, 3.63) is 72.3 Å². The standard InChI is InChI=1S/C18H22N4/c1-3-21-12-13-22(18(21)16-8-10-20-11-9-16)17-6-4-15(5-7-17)14-19-2/h4-13,18-19H,3,14H2,1-2H3. The molecule has 4 heteroatoms. The molecule has 2 heterocycles. The van der Waals surface area contributed by atoms with Gasteiger partial charge in [-0.1, -0.05) is 12.1 Å². The van der Waals surface area contributed by atoms with Crippen molar-refractivity contribution in [2.24, 2.45) is 0 Å². The second-order valence-corrected chi connectivity index (χ2v) is 5.39. The number of pyridine rings is 1. The van der Waals surface area contributed by atoms with Gasteiger partial charge >= 0.3 is 0 Å². The highest BCUT2D eigenvalue weighted by Gasteiger charge is 2.27. The van der Waals surface area contributed by atoms with E-state index in [1.54, 1.807) is 0 Å². The maximum Gasteiger partial charge on any atom is 0.132 e. The first-order valence-corrected chi connectivity index (χ1v) is 7.69. The smallest absolute Gasteiger partial charge is 0.132 e. The number of rotatable bonds is 5. The topological polar surface area (TPSA) is 31.4 Å². The van der Waals surface area contributed by atoms with Crippen LogP contribution in [0.2, 0.25) is 0 Å². The van der Waals surface area contributed by atoms with Gasteiger partial charge in [-0.2, -0.15) is 0 Å². The van der Waals surface area contributed by atoms with Crippen LogP contribution in [-0.2, 0) is 6.54 Å². The Kier molecular flexibility index (Phi) is 4.39. The highest BCUT2D eigenvalue weighted by atomic mass is 15.4. The Bertz CT molecular complexity index is 621. The lowest BCUT2D eigenvalue weighted by Gasteiger charge is -2.32. The zero-order valence-electron chi connectivity index (χ0n) is 13.1. The molecule has 2 aromatic rings. The molecule has 0 aliphatic carbocycles. The quantitative estimate of drug-likeness (QED) is 0.918. The molecule has 1 aromatic carbocycles. The number of anilines is 1. The van der Waals surface area contributed by atoms with E-state index in [4.69, 9.17) is 0 Å². The minimum absolute atomic E-state index is 0.197. The van der Waals surface area contributed by atoms with Crippen LogP contribution in [0.4, 0.5) is 5.69 Å². The van der Waals surface area contributed by atoms with Gasteiger partial charge in [0.25, 0.3) is 0 Å². The predicted molar refractivity (Wildman–Crippen MR) is 90.2 cm³/mol. The van der Waals surface area contributed by atoms with Gasteiger partial charge in [0.1, 0.15) is 6.17 Å². The third-order valence-corrected chi connectivity index (χ3v) is 3.98. The number of benzene rings is 1. The van der Waals surface area contributed by atoms with Crippen LogP contribution < -0.4 is 10.2 Å². The Hall–Kier alpha value is -2.33. The molecule has 0 fully saturated rings. The number of hydrogen-bond donors (Lipinski definition) is 1. The number of nitrogens with one attached hydrogen (secondary N) is 1. The normalized spacial score (nSPS) is 17.3. The molecule has 0 bridgehead atoms. The zero-order chi connectivity index (χ0) is 15.4. The fourth-order valence-electron chi connectivity index (χ4n) is 2.86. The molecule has 4 nitrogen and oxygen atoms in total. The summed E-state index contributed by atoms with van der Waals surface area (Å²) in [7, 11) is 1.97. The van der Waals surface area contributed by atoms with Crippen LogP contribution in [0.15, 0.2) is 61.2 Å². The Labute approximate surface area is 132 Å². The fourth-order valence-corrected chi connectivity index (χ4v) is 2.86. The van der Waals surface area contributed by atoms with Gasteiger partial charge in [-0.25, -0.2) is 0 Å². The third kappa shape index (κ3) is 2.83. The molecule has 1 unspecified atom stereocenters. The van der Waals surface area contributed by atoms with E-state index in [0.29, 0.717) is 0 Å². The van der Waals surface area contributed by atoms with E-state index < -0.39 is 0 Å². The molecule has 1 aromatic heterocycles. The largest absolute Gasteiger partial charge is 0.352 e. The monoisotopic (exact) mass is 294 g/mol. The minimum Gasteiger partial charge on any atom is -0.352 e. The van der Waals surface area contributed by atoms with Gasteiger partial charge in [0.05, 0.1) is 0 Å². The second kappa shape index (κ2) is 6.62. The van der Waals surface area contributed by atoms with Gasteiger partial charge in [-0.3, -0.25) is 4.98 Å². The molecular formula is C18H22N4. The molecule has 1 aliphatic rings. The molecule has 114 valence electrons. The number of aromatic nitrogens is 1. The van der Waals surface area contributed by atoms with Crippen molar-refractivity contribution >= 4 is 5.69 Å². The Balaban J connectivity index is 1.89. The first-order chi connectivity index (χ1) is 10.8. The maximum absolute atomic E-state index is 4.13. The number of hydrogen-bond acceptors (Lipinski definition) is 4. The van der Waals surface area contributed by atoms with Crippen LogP contribution in [0.5, 0.6) is 0 Å². The molecule has 1 N–H and O–H groups in total. The summed E-state index contributed by atoms with van der Waals surface area (Å²) in [6.45, 7) is 4.04. The molecule has 22 heavy (non-hydrogen) atoms. The van der Waals surface area contributed by atoms with E-state index in [2.05, 4.69) is 75.8 Å². The van der Waals surface area contributed by atoms with Gasteiger partial charge in [0.2, 0.25) is 0 Å². The Morgan fingerprint density at radius 3 is 2.41 bits per heavy atom. The van der Waals surface area contributed by atoms with Gasteiger partial charge < -0.3 is 15.1 Å². The average molecular weight is 294 g/mol.